The molecule has 1 aromatic carbocycles. The molecule has 5 aliphatic carbocycles. The third kappa shape index (κ3) is 5.84. The second-order valence-corrected chi connectivity index (χ2v) is 19.7. The van der Waals surface area contributed by atoms with E-state index in [0.29, 0.717) is 19.5 Å². The van der Waals surface area contributed by atoms with Crippen LogP contribution >= 0.6 is 0 Å². The first kappa shape index (κ1) is 38.6. The molecule has 1 saturated heterocycles. The third-order valence-corrected chi connectivity index (χ3v) is 16.6. The number of fused-ring (bicyclic) bond motifs is 7. The highest BCUT2D eigenvalue weighted by atomic mass is 16.5. The number of aliphatic carboxylic acids is 1. The normalized spacial score (nSPS) is 40.1. The number of nitrogens with zero attached hydrogens (tertiary/aromatic N) is 2. The van der Waals surface area contributed by atoms with Crippen molar-refractivity contribution in [3.63, 3.8) is 0 Å². The van der Waals surface area contributed by atoms with Crippen molar-refractivity contribution in [1.82, 2.24) is 4.90 Å². The van der Waals surface area contributed by atoms with Gasteiger partial charge in [0.2, 0.25) is 5.91 Å². The van der Waals surface area contributed by atoms with Crippen molar-refractivity contribution in [3.05, 3.63) is 48.1 Å². The molecule has 1 aromatic rings. The fourth-order valence-corrected chi connectivity index (χ4v) is 13.3. The Bertz CT molecular complexity index is 1780. The van der Waals surface area contributed by atoms with Gasteiger partial charge in [0.15, 0.2) is 5.78 Å². The highest BCUT2D eigenvalue weighted by Gasteiger charge is 2.72. The first-order valence-corrected chi connectivity index (χ1v) is 20.4. The third-order valence-electron chi connectivity index (χ3n) is 16.6. The summed E-state index contributed by atoms with van der Waals surface area (Å²) in [6.07, 6.45) is 11.3. The van der Waals surface area contributed by atoms with Crippen molar-refractivity contribution in [2.75, 3.05) is 38.2 Å². The van der Waals surface area contributed by atoms with E-state index in [1.54, 1.807) is 7.11 Å². The summed E-state index contributed by atoms with van der Waals surface area (Å²) in [6.45, 7) is 18.9. The molecule has 6 aliphatic rings. The van der Waals surface area contributed by atoms with Crippen LogP contribution in [0.3, 0.4) is 0 Å². The summed E-state index contributed by atoms with van der Waals surface area (Å²) in [5.74, 6) is -0.710. The molecule has 9 atom stereocenters. The fourth-order valence-electron chi connectivity index (χ4n) is 13.3. The molecule has 3 unspecified atom stereocenters. The molecule has 1 aliphatic heterocycles. The van der Waals surface area contributed by atoms with E-state index in [2.05, 4.69) is 64.3 Å². The number of piperazine rings is 1. The summed E-state index contributed by atoms with van der Waals surface area (Å²) in [5.41, 5.74) is 0.510. The molecular weight excluding hydrogens is 681 g/mol. The minimum absolute atomic E-state index is 0.0135. The number of ether oxygens (including phenoxy) is 2. The van der Waals surface area contributed by atoms with Gasteiger partial charge in [-0.15, -0.1) is 0 Å². The maximum Gasteiger partial charge on any atom is 0.331 e. The van der Waals surface area contributed by atoms with Gasteiger partial charge >= 0.3 is 11.9 Å². The van der Waals surface area contributed by atoms with Crippen LogP contribution in [-0.4, -0.2) is 73.0 Å². The summed E-state index contributed by atoms with van der Waals surface area (Å²) >= 11 is 0. The first-order valence-electron chi connectivity index (χ1n) is 20.4. The van der Waals surface area contributed by atoms with E-state index in [9.17, 15) is 14.4 Å². The number of rotatable bonds is 6. The Morgan fingerprint density at radius 2 is 1.54 bits per heavy atom. The van der Waals surface area contributed by atoms with Crippen LogP contribution in [-0.2, 0) is 23.9 Å². The van der Waals surface area contributed by atoms with E-state index in [0.717, 1.165) is 88.0 Å². The summed E-state index contributed by atoms with van der Waals surface area (Å²) in [4.78, 5) is 58.3. The quantitative estimate of drug-likeness (QED) is 0.232. The number of esters is 1. The monoisotopic (exact) mass is 742 g/mol. The standard InChI is InChI=1S/C45H62N2O7/c1-40(2)17-16-35(54-37(51)14-13-36(49)50)45(7)34(40)15-18-44(6)38(45)32(48)27-29-30-28-42(4,20-19-41(30,3)21-22-43(29,44)5)39(52)47-25-23-46(24-26-47)31-11-9-10-12-33(31)53-8/h9-14,27,30,34-35,38H,15-26,28H2,1-8H3,(H,49,50)/b14-13-/t30-,34+,35?,38?,41+,42?,43+,44+,45+/m0/s1. The first-order chi connectivity index (χ1) is 25.3. The second-order valence-electron chi connectivity index (χ2n) is 19.7. The van der Waals surface area contributed by atoms with Gasteiger partial charge in [0, 0.05) is 55.1 Å². The Balaban J connectivity index is 1.18. The van der Waals surface area contributed by atoms with Crippen molar-refractivity contribution < 1.29 is 33.8 Å². The molecule has 0 spiro atoms. The lowest BCUT2D eigenvalue weighted by molar-refractivity contribution is -0.224. The predicted octanol–water partition coefficient (Wildman–Crippen LogP) is 7.88. The Labute approximate surface area is 321 Å². The molecule has 9 heteroatoms. The molecule has 4 saturated carbocycles. The van der Waals surface area contributed by atoms with Crippen LogP contribution in [0.2, 0.25) is 0 Å². The van der Waals surface area contributed by atoms with Gasteiger partial charge in [0.1, 0.15) is 11.9 Å². The highest BCUT2D eigenvalue weighted by Crippen LogP contribution is 2.75. The number of hydrogen-bond donors (Lipinski definition) is 1. The minimum Gasteiger partial charge on any atom is -0.495 e. The number of carbonyl (C=O) groups is 4. The molecule has 294 valence electrons. The van der Waals surface area contributed by atoms with Crippen molar-refractivity contribution >= 4 is 29.3 Å². The van der Waals surface area contributed by atoms with E-state index in [1.807, 2.05) is 24.3 Å². The summed E-state index contributed by atoms with van der Waals surface area (Å²) in [7, 11) is 1.70. The Kier molecular flexibility index (Phi) is 9.49. The van der Waals surface area contributed by atoms with Gasteiger partial charge in [-0.25, -0.2) is 9.59 Å². The van der Waals surface area contributed by atoms with Gasteiger partial charge < -0.3 is 24.4 Å². The van der Waals surface area contributed by atoms with Gasteiger partial charge in [-0.05, 0) is 109 Å². The Morgan fingerprint density at radius 3 is 2.22 bits per heavy atom. The van der Waals surface area contributed by atoms with Gasteiger partial charge in [-0.3, -0.25) is 9.59 Å². The molecule has 5 fully saturated rings. The van der Waals surface area contributed by atoms with Crippen LogP contribution in [0.25, 0.3) is 0 Å². The number of para-hydroxylation sites is 2. The van der Waals surface area contributed by atoms with Crippen LogP contribution in [0.1, 0.15) is 106 Å². The van der Waals surface area contributed by atoms with Crippen LogP contribution in [0.15, 0.2) is 48.1 Å². The van der Waals surface area contributed by atoms with E-state index in [1.165, 1.54) is 5.57 Å². The lowest BCUT2D eigenvalue weighted by Crippen LogP contribution is -2.68. The Morgan fingerprint density at radius 1 is 0.852 bits per heavy atom. The summed E-state index contributed by atoms with van der Waals surface area (Å²) < 4.78 is 11.8. The lowest BCUT2D eigenvalue weighted by atomic mass is 9.33. The molecule has 7 rings (SSSR count). The molecule has 0 radical (unpaired) electrons. The number of carboxylic acid groups (broad SMARTS) is 1. The number of amides is 1. The highest BCUT2D eigenvalue weighted by molar-refractivity contribution is 5.96. The van der Waals surface area contributed by atoms with Crippen LogP contribution in [0.4, 0.5) is 5.69 Å². The number of methoxy groups -OCH3 is 1. The van der Waals surface area contributed by atoms with E-state index in [4.69, 9.17) is 14.6 Å². The zero-order valence-corrected chi connectivity index (χ0v) is 33.8. The number of benzene rings is 1. The number of ketones is 1. The molecule has 0 aromatic heterocycles. The summed E-state index contributed by atoms with van der Waals surface area (Å²) in [6, 6.07) is 8.07. The number of anilines is 1. The van der Waals surface area contributed by atoms with Crippen molar-refractivity contribution in [1.29, 1.82) is 0 Å². The molecule has 9 nitrogen and oxygen atoms in total. The molecule has 54 heavy (non-hydrogen) atoms. The van der Waals surface area contributed by atoms with E-state index >= 15 is 4.79 Å². The maximum atomic E-state index is 15.1. The number of allylic oxidation sites excluding steroid dienone is 2. The summed E-state index contributed by atoms with van der Waals surface area (Å²) in [5, 5.41) is 9.16. The molecule has 0 bridgehead atoms. The van der Waals surface area contributed by atoms with Crippen molar-refractivity contribution in [2.24, 2.45) is 50.2 Å². The smallest absolute Gasteiger partial charge is 0.331 e. The van der Waals surface area contributed by atoms with Gasteiger partial charge in [0.05, 0.1) is 12.8 Å². The number of carbonyl (C=O) groups excluding carboxylic acids is 3. The topological polar surface area (TPSA) is 113 Å². The fraction of sp³-hybridized carbons (Fsp3) is 0.689. The van der Waals surface area contributed by atoms with E-state index < -0.39 is 28.9 Å². The number of carboxylic acids is 1. The molecule has 1 amide bonds. The minimum atomic E-state index is -1.20. The molecule has 1 N–H and O–H groups in total. The van der Waals surface area contributed by atoms with Gasteiger partial charge in [-0.1, -0.05) is 66.2 Å². The maximum absolute atomic E-state index is 15.1. The Hall–Kier alpha value is -3.62. The van der Waals surface area contributed by atoms with E-state index in [-0.39, 0.29) is 51.1 Å². The van der Waals surface area contributed by atoms with Gasteiger partial charge in [-0.2, -0.15) is 0 Å². The predicted molar refractivity (Wildman–Crippen MR) is 208 cm³/mol. The van der Waals surface area contributed by atoms with Crippen LogP contribution in [0, 0.1) is 50.2 Å². The van der Waals surface area contributed by atoms with Crippen LogP contribution < -0.4 is 9.64 Å². The average molecular weight is 743 g/mol. The average Bonchev–Trinajstić information content (AvgIpc) is 3.13. The second kappa shape index (κ2) is 13.3. The lowest BCUT2D eigenvalue weighted by Gasteiger charge is -2.71. The van der Waals surface area contributed by atoms with Gasteiger partial charge in [0.25, 0.3) is 0 Å². The molecule has 1 heterocycles. The zero-order chi connectivity index (χ0) is 39.1. The zero-order valence-electron chi connectivity index (χ0n) is 33.8. The largest absolute Gasteiger partial charge is 0.495 e. The van der Waals surface area contributed by atoms with Crippen LogP contribution in [0.5, 0.6) is 5.75 Å². The molecular formula is C45H62N2O7. The SMILES string of the molecule is COc1ccccc1N1CCN(C(=O)C2(C)CC[C@]3(C)CC[C@]4(C)C(=CC(=O)C5[C@@]6(C)C(OC(=O)/C=C\C(=O)O)CCC(C)(C)[C@H]6CC[C@]54C)[C@@H]3C2)CC1. The van der Waals surface area contributed by atoms with Crippen molar-refractivity contribution in [3.8, 4) is 5.75 Å². The van der Waals surface area contributed by atoms with Crippen molar-refractivity contribution in [2.45, 2.75) is 112 Å². The number of hydrogen-bond acceptors (Lipinski definition) is 7.